The molecule has 5 heteroatoms. The van der Waals surface area contributed by atoms with Crippen molar-refractivity contribution in [3.05, 3.63) is 29.6 Å². The molecule has 0 saturated carbocycles. The van der Waals surface area contributed by atoms with Gasteiger partial charge in [-0.25, -0.2) is 0 Å². The van der Waals surface area contributed by atoms with Crippen LogP contribution in [0.1, 0.15) is 28.9 Å². The maximum absolute atomic E-state index is 12.2. The average molecular weight is 245 g/mol. The van der Waals surface area contributed by atoms with Crippen molar-refractivity contribution in [2.24, 2.45) is 0 Å². The van der Waals surface area contributed by atoms with Gasteiger partial charge in [0.25, 0.3) is 5.91 Å². The summed E-state index contributed by atoms with van der Waals surface area (Å²) in [6.45, 7) is 1.38. The summed E-state index contributed by atoms with van der Waals surface area (Å²) in [5, 5.41) is 8.81. The summed E-state index contributed by atoms with van der Waals surface area (Å²) in [4.78, 5) is 18.0. The Morgan fingerprint density at radius 2 is 2.28 bits per heavy atom. The van der Waals surface area contributed by atoms with Crippen molar-refractivity contribution >= 4 is 5.91 Å². The van der Waals surface area contributed by atoms with Gasteiger partial charge in [0.2, 0.25) is 0 Å². The number of hydrogen-bond donors (Lipinski definition) is 0. The highest BCUT2D eigenvalue weighted by Gasteiger charge is 2.24. The van der Waals surface area contributed by atoms with E-state index in [2.05, 4.69) is 4.98 Å². The van der Waals surface area contributed by atoms with Crippen LogP contribution in [0.3, 0.4) is 0 Å². The van der Waals surface area contributed by atoms with E-state index < -0.39 is 0 Å². The van der Waals surface area contributed by atoms with Gasteiger partial charge in [0.15, 0.2) is 0 Å². The Hall–Kier alpha value is -1.93. The highest BCUT2D eigenvalue weighted by Crippen LogP contribution is 2.15. The number of carbonyl (C=O) groups excluding carboxylic acids is 1. The number of aromatic nitrogens is 1. The second-order valence-electron chi connectivity index (χ2n) is 4.30. The number of ether oxygens (including phenoxy) is 1. The zero-order valence-electron chi connectivity index (χ0n) is 10.3. The SMILES string of the molecule is CN(C(=O)c1cc(C#N)ccn1)C1CCOCC1. The van der Waals surface area contributed by atoms with Gasteiger partial charge >= 0.3 is 0 Å². The van der Waals surface area contributed by atoms with Crippen molar-refractivity contribution < 1.29 is 9.53 Å². The molecule has 0 radical (unpaired) electrons. The van der Waals surface area contributed by atoms with Crippen LogP contribution in [0.2, 0.25) is 0 Å². The monoisotopic (exact) mass is 245 g/mol. The minimum Gasteiger partial charge on any atom is -0.381 e. The van der Waals surface area contributed by atoms with Crippen LogP contribution in [0, 0.1) is 11.3 Å². The molecular formula is C13H15N3O2. The van der Waals surface area contributed by atoms with Crippen LogP contribution >= 0.6 is 0 Å². The van der Waals surface area contributed by atoms with Crippen molar-refractivity contribution in [3.8, 4) is 6.07 Å². The molecule has 1 saturated heterocycles. The normalized spacial score (nSPS) is 16.0. The van der Waals surface area contributed by atoms with Gasteiger partial charge in [-0.2, -0.15) is 5.26 Å². The topological polar surface area (TPSA) is 66.2 Å². The van der Waals surface area contributed by atoms with Gasteiger partial charge in [-0.05, 0) is 25.0 Å². The predicted molar refractivity (Wildman–Crippen MR) is 64.9 cm³/mol. The van der Waals surface area contributed by atoms with Crippen molar-refractivity contribution in [1.29, 1.82) is 5.26 Å². The number of pyridine rings is 1. The van der Waals surface area contributed by atoms with E-state index in [1.165, 1.54) is 12.3 Å². The molecule has 2 rings (SSSR count). The predicted octanol–water partition coefficient (Wildman–Crippen LogP) is 1.20. The van der Waals surface area contributed by atoms with Crippen LogP contribution in [0.4, 0.5) is 0 Å². The molecule has 1 aromatic rings. The number of hydrogen-bond acceptors (Lipinski definition) is 4. The van der Waals surface area contributed by atoms with Gasteiger partial charge < -0.3 is 9.64 Å². The zero-order chi connectivity index (χ0) is 13.0. The first kappa shape index (κ1) is 12.5. The first-order chi connectivity index (χ1) is 8.72. The third kappa shape index (κ3) is 2.66. The van der Waals surface area contributed by atoms with E-state index in [1.54, 1.807) is 18.0 Å². The fourth-order valence-corrected chi connectivity index (χ4v) is 2.04. The van der Waals surface area contributed by atoms with Crippen LogP contribution in [0.5, 0.6) is 0 Å². The molecule has 1 aromatic heterocycles. The first-order valence-corrected chi connectivity index (χ1v) is 5.93. The fraction of sp³-hybridized carbons (Fsp3) is 0.462. The highest BCUT2D eigenvalue weighted by molar-refractivity contribution is 5.92. The third-order valence-corrected chi connectivity index (χ3v) is 3.17. The van der Waals surface area contributed by atoms with Crippen molar-refractivity contribution in [1.82, 2.24) is 9.88 Å². The summed E-state index contributed by atoms with van der Waals surface area (Å²) in [6, 6.07) is 5.32. The Bertz CT molecular complexity index is 475. The molecule has 0 aromatic carbocycles. The van der Waals surface area contributed by atoms with Gasteiger partial charge in [-0.1, -0.05) is 0 Å². The molecule has 0 aliphatic carbocycles. The Balaban J connectivity index is 2.12. The number of carbonyl (C=O) groups is 1. The molecule has 5 nitrogen and oxygen atoms in total. The van der Waals surface area contributed by atoms with E-state index >= 15 is 0 Å². The van der Waals surface area contributed by atoms with Crippen LogP contribution in [0.15, 0.2) is 18.3 Å². The lowest BCUT2D eigenvalue weighted by Crippen LogP contribution is -2.40. The van der Waals surface area contributed by atoms with Gasteiger partial charge in [0.05, 0.1) is 11.6 Å². The largest absolute Gasteiger partial charge is 0.381 e. The van der Waals surface area contributed by atoms with E-state index in [9.17, 15) is 4.79 Å². The summed E-state index contributed by atoms with van der Waals surface area (Å²) in [5.41, 5.74) is 0.775. The van der Waals surface area contributed by atoms with Crippen LogP contribution in [-0.2, 0) is 4.74 Å². The molecule has 0 N–H and O–H groups in total. The van der Waals surface area contributed by atoms with Crippen LogP contribution < -0.4 is 0 Å². The Labute approximate surface area is 106 Å². The quantitative estimate of drug-likeness (QED) is 0.785. The number of rotatable bonds is 2. The lowest BCUT2D eigenvalue weighted by Gasteiger charge is -2.30. The Morgan fingerprint density at radius 3 is 2.94 bits per heavy atom. The molecule has 0 bridgehead atoms. The lowest BCUT2D eigenvalue weighted by atomic mass is 10.1. The second kappa shape index (κ2) is 5.61. The van der Waals surface area contributed by atoms with Crippen LogP contribution in [-0.4, -0.2) is 42.1 Å². The minimum atomic E-state index is -0.140. The summed E-state index contributed by atoms with van der Waals surface area (Å²) in [7, 11) is 1.78. The molecule has 1 aliphatic heterocycles. The van der Waals surface area contributed by atoms with Gasteiger partial charge in [-0.15, -0.1) is 0 Å². The lowest BCUT2D eigenvalue weighted by molar-refractivity contribution is 0.0359. The molecule has 1 aliphatic rings. The molecular weight excluding hydrogens is 230 g/mol. The fourth-order valence-electron chi connectivity index (χ4n) is 2.04. The van der Waals surface area contributed by atoms with E-state index in [-0.39, 0.29) is 11.9 Å². The summed E-state index contributed by atoms with van der Waals surface area (Å²) in [5.74, 6) is -0.140. The van der Waals surface area contributed by atoms with E-state index in [1.807, 2.05) is 6.07 Å². The van der Waals surface area contributed by atoms with E-state index in [0.29, 0.717) is 24.5 Å². The highest BCUT2D eigenvalue weighted by atomic mass is 16.5. The smallest absolute Gasteiger partial charge is 0.272 e. The maximum Gasteiger partial charge on any atom is 0.272 e. The summed E-state index contributed by atoms with van der Waals surface area (Å²) in [6.07, 6.45) is 3.18. The van der Waals surface area contributed by atoms with Crippen molar-refractivity contribution in [2.75, 3.05) is 20.3 Å². The zero-order valence-corrected chi connectivity index (χ0v) is 10.3. The van der Waals surface area contributed by atoms with Gasteiger partial charge in [0.1, 0.15) is 5.69 Å². The molecule has 0 unspecified atom stereocenters. The first-order valence-electron chi connectivity index (χ1n) is 5.93. The molecule has 18 heavy (non-hydrogen) atoms. The van der Waals surface area contributed by atoms with E-state index in [0.717, 1.165) is 12.8 Å². The van der Waals surface area contributed by atoms with Gasteiger partial charge in [0, 0.05) is 32.5 Å². The second-order valence-corrected chi connectivity index (χ2v) is 4.30. The maximum atomic E-state index is 12.2. The molecule has 1 amide bonds. The number of nitriles is 1. The summed E-state index contributed by atoms with van der Waals surface area (Å²) < 4.78 is 5.28. The summed E-state index contributed by atoms with van der Waals surface area (Å²) >= 11 is 0. The number of nitrogens with zero attached hydrogens (tertiary/aromatic N) is 3. The molecule has 94 valence electrons. The molecule has 2 heterocycles. The van der Waals surface area contributed by atoms with Gasteiger partial charge in [-0.3, -0.25) is 9.78 Å². The Morgan fingerprint density at radius 1 is 1.56 bits per heavy atom. The van der Waals surface area contributed by atoms with E-state index in [4.69, 9.17) is 10.00 Å². The molecule has 1 fully saturated rings. The molecule has 0 atom stereocenters. The molecule has 0 spiro atoms. The van der Waals surface area contributed by atoms with Crippen molar-refractivity contribution in [3.63, 3.8) is 0 Å². The average Bonchev–Trinajstić information content (AvgIpc) is 2.46. The third-order valence-electron chi connectivity index (χ3n) is 3.17. The number of amides is 1. The standard InChI is InChI=1S/C13H15N3O2/c1-16(11-3-6-18-7-4-11)13(17)12-8-10(9-14)2-5-15-12/h2,5,8,11H,3-4,6-7H2,1H3. The van der Waals surface area contributed by atoms with Crippen LogP contribution in [0.25, 0.3) is 0 Å². The van der Waals surface area contributed by atoms with Crippen molar-refractivity contribution in [2.45, 2.75) is 18.9 Å². The Kier molecular flexibility index (Phi) is 3.90. The minimum absolute atomic E-state index is 0.140.